The van der Waals surface area contributed by atoms with Gasteiger partial charge in [-0.25, -0.2) is 4.39 Å². The molecule has 0 bridgehead atoms. The molecule has 0 aliphatic carbocycles. The van der Waals surface area contributed by atoms with Crippen molar-refractivity contribution < 1.29 is 14.0 Å². The van der Waals surface area contributed by atoms with Crippen molar-refractivity contribution in [2.75, 3.05) is 10.2 Å². The second-order valence-corrected chi connectivity index (χ2v) is 5.75. The van der Waals surface area contributed by atoms with Gasteiger partial charge in [0.05, 0.1) is 5.69 Å². The van der Waals surface area contributed by atoms with E-state index < -0.39 is 17.8 Å². The molecule has 1 atom stereocenters. The van der Waals surface area contributed by atoms with Crippen LogP contribution in [0.1, 0.15) is 17.3 Å². The third kappa shape index (κ3) is 3.11. The van der Waals surface area contributed by atoms with Gasteiger partial charge in [0.25, 0.3) is 11.8 Å². The van der Waals surface area contributed by atoms with Crippen LogP contribution in [0.15, 0.2) is 48.5 Å². The minimum absolute atomic E-state index is 0.178. The molecule has 0 unspecified atom stereocenters. The number of amides is 2. The van der Waals surface area contributed by atoms with E-state index >= 15 is 0 Å². The van der Waals surface area contributed by atoms with Gasteiger partial charge in [-0.05, 0) is 55.5 Å². The summed E-state index contributed by atoms with van der Waals surface area (Å²) in [4.78, 5) is 25.9. The third-order valence-electron chi connectivity index (χ3n) is 3.58. The quantitative estimate of drug-likeness (QED) is 0.841. The van der Waals surface area contributed by atoms with E-state index in [4.69, 9.17) is 12.2 Å². The molecular weight excluding hydrogens is 329 g/mol. The van der Waals surface area contributed by atoms with Crippen molar-refractivity contribution in [2.45, 2.75) is 13.0 Å². The molecule has 0 spiro atoms. The number of carbonyl (C=O) groups is 2. The molecule has 1 fully saturated rings. The van der Waals surface area contributed by atoms with Crippen molar-refractivity contribution in [2.24, 2.45) is 0 Å². The van der Waals surface area contributed by atoms with Crippen LogP contribution in [0.4, 0.5) is 15.8 Å². The summed E-state index contributed by atoms with van der Waals surface area (Å²) in [6.07, 6.45) is 0. The Hall–Kier alpha value is -2.80. The number of benzene rings is 2. The van der Waals surface area contributed by atoms with Crippen LogP contribution >= 0.6 is 12.2 Å². The van der Waals surface area contributed by atoms with Crippen molar-refractivity contribution in [3.63, 3.8) is 0 Å². The number of nitrogens with zero attached hydrogens (tertiary/aromatic N) is 1. The van der Waals surface area contributed by atoms with E-state index in [1.807, 2.05) is 0 Å². The molecule has 122 valence electrons. The molecule has 24 heavy (non-hydrogen) atoms. The highest BCUT2D eigenvalue weighted by Gasteiger charge is 2.33. The van der Waals surface area contributed by atoms with Gasteiger partial charge in [0.2, 0.25) is 0 Å². The highest BCUT2D eigenvalue weighted by atomic mass is 32.1. The number of hydrogen-bond donors (Lipinski definition) is 2. The Bertz CT molecular complexity index is 840. The van der Waals surface area contributed by atoms with Crippen LogP contribution in [0, 0.1) is 5.82 Å². The van der Waals surface area contributed by atoms with Gasteiger partial charge in [-0.3, -0.25) is 14.5 Å². The van der Waals surface area contributed by atoms with Crippen molar-refractivity contribution in [1.82, 2.24) is 5.32 Å². The Morgan fingerprint density at radius 3 is 2.67 bits per heavy atom. The van der Waals surface area contributed by atoms with E-state index in [1.165, 1.54) is 23.1 Å². The smallest absolute Gasteiger partial charge is 0.255 e. The highest BCUT2D eigenvalue weighted by molar-refractivity contribution is 7.80. The number of thiocarbonyl (C=S) groups is 1. The topological polar surface area (TPSA) is 61.4 Å². The van der Waals surface area contributed by atoms with Crippen molar-refractivity contribution >= 4 is 40.5 Å². The van der Waals surface area contributed by atoms with Gasteiger partial charge in [0, 0.05) is 11.3 Å². The first-order chi connectivity index (χ1) is 11.5. The molecule has 2 N–H and O–H groups in total. The zero-order chi connectivity index (χ0) is 17.3. The van der Waals surface area contributed by atoms with E-state index in [2.05, 4.69) is 10.6 Å². The Labute approximate surface area is 143 Å². The lowest BCUT2D eigenvalue weighted by atomic mass is 10.1. The Morgan fingerprint density at radius 1 is 1.25 bits per heavy atom. The van der Waals surface area contributed by atoms with Gasteiger partial charge < -0.3 is 10.6 Å². The lowest BCUT2D eigenvalue weighted by Gasteiger charge is -2.15. The average molecular weight is 343 g/mol. The first-order valence-electron chi connectivity index (χ1n) is 7.27. The standard InChI is InChI=1S/C17H14FN3O2S/c1-10-16(23)21(17(24)19-10)14-7-2-4-11(8-14)15(22)20-13-6-3-5-12(18)9-13/h2-10H,1H3,(H,19,24)(H,20,22)/t10-/m1/s1. The van der Waals surface area contributed by atoms with E-state index in [0.717, 1.165) is 0 Å². The summed E-state index contributed by atoms with van der Waals surface area (Å²) >= 11 is 5.16. The van der Waals surface area contributed by atoms with E-state index in [-0.39, 0.29) is 5.91 Å². The minimum atomic E-state index is -0.436. The summed E-state index contributed by atoms with van der Waals surface area (Å²) in [5.41, 5.74) is 1.20. The molecule has 2 aromatic rings. The van der Waals surface area contributed by atoms with E-state index in [1.54, 1.807) is 37.3 Å². The summed E-state index contributed by atoms with van der Waals surface area (Å²) < 4.78 is 13.2. The number of nitrogens with one attached hydrogen (secondary N) is 2. The fraction of sp³-hybridized carbons (Fsp3) is 0.118. The molecular formula is C17H14FN3O2S. The number of anilines is 2. The number of rotatable bonds is 3. The zero-order valence-corrected chi connectivity index (χ0v) is 13.6. The van der Waals surface area contributed by atoms with E-state index in [9.17, 15) is 14.0 Å². The second-order valence-electron chi connectivity index (χ2n) is 5.36. The maximum atomic E-state index is 13.2. The highest BCUT2D eigenvalue weighted by Crippen LogP contribution is 2.21. The minimum Gasteiger partial charge on any atom is -0.350 e. The van der Waals surface area contributed by atoms with Gasteiger partial charge in [-0.1, -0.05) is 12.1 Å². The monoisotopic (exact) mass is 343 g/mol. The average Bonchev–Trinajstić information content (AvgIpc) is 2.80. The Kier molecular flexibility index (Phi) is 4.26. The van der Waals surface area contributed by atoms with Crippen LogP contribution in [0.3, 0.4) is 0 Å². The summed E-state index contributed by atoms with van der Waals surface area (Å²) in [5, 5.41) is 5.79. The van der Waals surface area contributed by atoms with Gasteiger partial charge in [0.15, 0.2) is 5.11 Å². The first kappa shape index (κ1) is 16.1. The fourth-order valence-corrected chi connectivity index (χ4v) is 2.78. The molecule has 3 rings (SSSR count). The normalized spacial score (nSPS) is 16.9. The first-order valence-corrected chi connectivity index (χ1v) is 7.68. The van der Waals surface area contributed by atoms with Crippen molar-refractivity contribution in [3.8, 4) is 0 Å². The predicted molar refractivity (Wildman–Crippen MR) is 93.5 cm³/mol. The summed E-state index contributed by atoms with van der Waals surface area (Å²) in [7, 11) is 0. The summed E-state index contributed by atoms with van der Waals surface area (Å²) in [5.74, 6) is -1.02. The molecule has 0 saturated carbocycles. The molecule has 1 aliphatic heterocycles. The summed E-state index contributed by atoms with van der Waals surface area (Å²) in [6.45, 7) is 1.72. The zero-order valence-electron chi connectivity index (χ0n) is 12.7. The lowest BCUT2D eigenvalue weighted by Crippen LogP contribution is -2.30. The molecule has 1 heterocycles. The van der Waals surface area contributed by atoms with Crippen LogP contribution in [-0.4, -0.2) is 23.0 Å². The van der Waals surface area contributed by atoms with Gasteiger partial charge >= 0.3 is 0 Å². The molecule has 0 radical (unpaired) electrons. The van der Waals surface area contributed by atoms with Crippen LogP contribution in [0.25, 0.3) is 0 Å². The SMILES string of the molecule is C[C@H]1NC(=S)N(c2cccc(C(=O)Nc3cccc(F)c3)c2)C1=O. The lowest BCUT2D eigenvalue weighted by molar-refractivity contribution is -0.117. The molecule has 7 heteroatoms. The maximum absolute atomic E-state index is 13.2. The fourth-order valence-electron chi connectivity index (χ4n) is 2.41. The van der Waals surface area contributed by atoms with Crippen molar-refractivity contribution in [3.05, 3.63) is 59.9 Å². The van der Waals surface area contributed by atoms with Crippen molar-refractivity contribution in [1.29, 1.82) is 0 Å². The van der Waals surface area contributed by atoms with Crippen LogP contribution in [0.2, 0.25) is 0 Å². The van der Waals surface area contributed by atoms with Gasteiger partial charge in [0.1, 0.15) is 11.9 Å². The van der Waals surface area contributed by atoms with Gasteiger partial charge in [-0.2, -0.15) is 0 Å². The number of carbonyl (C=O) groups excluding carboxylic acids is 2. The molecule has 5 nitrogen and oxygen atoms in total. The van der Waals surface area contributed by atoms with E-state index in [0.29, 0.717) is 22.1 Å². The Balaban J connectivity index is 1.84. The maximum Gasteiger partial charge on any atom is 0.255 e. The largest absolute Gasteiger partial charge is 0.350 e. The number of halogens is 1. The molecule has 1 saturated heterocycles. The number of hydrogen-bond acceptors (Lipinski definition) is 3. The van der Waals surface area contributed by atoms with Crippen LogP contribution < -0.4 is 15.5 Å². The molecule has 1 aliphatic rings. The summed E-state index contributed by atoms with van der Waals surface area (Å²) in [6, 6.07) is 11.8. The second kappa shape index (κ2) is 6.37. The Morgan fingerprint density at radius 2 is 2.00 bits per heavy atom. The van der Waals surface area contributed by atoms with Crippen LogP contribution in [0.5, 0.6) is 0 Å². The van der Waals surface area contributed by atoms with Crippen LogP contribution in [-0.2, 0) is 4.79 Å². The molecule has 0 aromatic heterocycles. The van der Waals surface area contributed by atoms with Gasteiger partial charge in [-0.15, -0.1) is 0 Å². The molecule has 2 amide bonds. The molecule has 2 aromatic carbocycles. The third-order valence-corrected chi connectivity index (χ3v) is 3.88. The predicted octanol–water partition coefficient (Wildman–Crippen LogP) is 2.69.